The molecule has 7 heterocycles. The molecule has 3 aromatic rings. The van der Waals surface area contributed by atoms with Crippen LogP contribution in [-0.2, 0) is 32.1 Å². The number of hydrogen-bond donors (Lipinski definition) is 5. The van der Waals surface area contributed by atoms with Crippen LogP contribution in [0.5, 0.6) is 5.75 Å². The number of nitrogens with zero attached hydrogens (tertiary/aromatic N) is 6. The fourth-order valence-electron chi connectivity index (χ4n) is 10.5. The number of ether oxygens (including phenoxy) is 2. The maximum absolute atomic E-state index is 13.7. The molecule has 0 aliphatic carbocycles. The summed E-state index contributed by atoms with van der Waals surface area (Å²) in [4.78, 5) is 81.8. The van der Waals surface area contributed by atoms with Crippen LogP contribution in [0.1, 0.15) is 90.4 Å². The van der Waals surface area contributed by atoms with Gasteiger partial charge in [-0.3, -0.25) is 34.2 Å². The topological polar surface area (TPSA) is 217 Å². The molecule has 5 saturated heterocycles. The summed E-state index contributed by atoms with van der Waals surface area (Å²) in [5.74, 6) is -0.0115. The number of aromatic nitrogens is 2. The Labute approximate surface area is 366 Å². The zero-order valence-electron chi connectivity index (χ0n) is 36.0. The van der Waals surface area contributed by atoms with E-state index in [-0.39, 0.29) is 54.8 Å². The zero-order chi connectivity index (χ0) is 43.8. The molecule has 18 nitrogen and oxygen atoms in total. The molecule has 6 N–H and O–H groups in total. The van der Waals surface area contributed by atoms with E-state index in [2.05, 4.69) is 36.1 Å². The van der Waals surface area contributed by atoms with Gasteiger partial charge in [0.1, 0.15) is 11.8 Å². The van der Waals surface area contributed by atoms with Gasteiger partial charge in [0.25, 0.3) is 11.8 Å². The summed E-state index contributed by atoms with van der Waals surface area (Å²) in [6, 6.07) is 11.8. The molecule has 1 aromatic heterocycles. The maximum atomic E-state index is 13.7. The first-order valence-electron chi connectivity index (χ1n) is 22.4. The Bertz CT molecular complexity index is 2260. The molecule has 0 spiro atoms. The van der Waals surface area contributed by atoms with Crippen molar-refractivity contribution in [3.63, 3.8) is 0 Å². The normalized spacial score (nSPS) is 23.1. The molecule has 18 heteroatoms. The second-order valence-corrected chi connectivity index (χ2v) is 17.4. The zero-order valence-corrected chi connectivity index (χ0v) is 36.0. The molecule has 0 saturated carbocycles. The number of piperazine rings is 1. The standard InChI is InChI=1S/C45H57N11O7/c1-3-33-42(48-26-15-19-63-20-16-26)52-43(40(50-33)41(46)59)49-27-7-10-35(37(21-27)62-2)53-17-13-28(14-18-53)56-29-8-9-30(56)24-54(23-29)39(58)22-47-34-6-4-5-31-32(34)25-55(45(31)61)36-11-12-38(57)51-44(36)60/h4-7,10,21,26,28-30,36,47H,3,8-9,11-20,22-25H2,1-2H3,(H2,46,59)(H2,48,49,52)(H,51,57,60). The van der Waals surface area contributed by atoms with Crippen LogP contribution >= 0.6 is 0 Å². The Morgan fingerprint density at radius 3 is 2.40 bits per heavy atom. The molecule has 63 heavy (non-hydrogen) atoms. The second-order valence-electron chi connectivity index (χ2n) is 17.4. The van der Waals surface area contributed by atoms with Crippen molar-refractivity contribution in [2.24, 2.45) is 5.73 Å². The number of benzene rings is 2. The fourth-order valence-corrected chi connectivity index (χ4v) is 10.5. The number of likely N-dealkylation sites (tertiary alicyclic amines) is 1. The van der Waals surface area contributed by atoms with Crippen molar-refractivity contribution in [3.8, 4) is 5.75 Å². The third kappa shape index (κ3) is 8.57. The Balaban J connectivity index is 0.796. The molecule has 3 atom stereocenters. The first kappa shape index (κ1) is 42.3. The predicted octanol–water partition coefficient (Wildman–Crippen LogP) is 3.00. The summed E-state index contributed by atoms with van der Waals surface area (Å²) in [5.41, 5.74) is 10.2. The summed E-state index contributed by atoms with van der Waals surface area (Å²) in [5, 5.41) is 12.5. The van der Waals surface area contributed by atoms with Crippen molar-refractivity contribution < 1.29 is 33.4 Å². The van der Waals surface area contributed by atoms with Crippen molar-refractivity contribution >= 4 is 58.2 Å². The van der Waals surface area contributed by atoms with E-state index in [0.29, 0.717) is 91.5 Å². The molecule has 5 amide bonds. The van der Waals surface area contributed by atoms with Crippen molar-refractivity contribution in [1.29, 1.82) is 0 Å². The van der Waals surface area contributed by atoms with Gasteiger partial charge >= 0.3 is 0 Å². The van der Waals surface area contributed by atoms with Crippen LogP contribution in [0.2, 0.25) is 0 Å². The monoisotopic (exact) mass is 863 g/mol. The molecular formula is C45H57N11O7. The van der Waals surface area contributed by atoms with E-state index in [4.69, 9.17) is 20.2 Å². The lowest BCUT2D eigenvalue weighted by Crippen LogP contribution is -2.60. The molecule has 6 aliphatic heterocycles. The third-order valence-electron chi connectivity index (χ3n) is 13.7. The molecular weight excluding hydrogens is 807 g/mol. The largest absolute Gasteiger partial charge is 0.495 e. The SMILES string of the molecule is CCc1nc(C(N)=O)c(Nc2ccc(N3CCC(N4C5CCC4CN(C(=O)CNc4cccc6c4CN(C4CCC(=O)NC4=O)C6=O)C5)CC3)c(OC)c2)nc1NC1CCOCC1. The van der Waals surface area contributed by atoms with E-state index >= 15 is 0 Å². The van der Waals surface area contributed by atoms with Gasteiger partial charge in [-0.25, -0.2) is 9.97 Å². The average molecular weight is 864 g/mol. The number of carbonyl (C=O) groups is 5. The van der Waals surface area contributed by atoms with E-state index in [9.17, 15) is 24.0 Å². The van der Waals surface area contributed by atoms with Gasteiger partial charge in [0, 0.05) is 105 Å². The molecule has 9 rings (SSSR count). The number of imide groups is 1. The molecule has 2 aromatic carbocycles. The number of anilines is 5. The van der Waals surface area contributed by atoms with E-state index in [1.165, 1.54) is 4.90 Å². The summed E-state index contributed by atoms with van der Waals surface area (Å²) >= 11 is 0. The average Bonchev–Trinajstić information content (AvgIpc) is 3.76. The molecule has 0 radical (unpaired) electrons. The number of hydrogen-bond acceptors (Lipinski definition) is 14. The number of fused-ring (bicyclic) bond motifs is 3. The highest BCUT2D eigenvalue weighted by atomic mass is 16.5. The van der Waals surface area contributed by atoms with E-state index < -0.39 is 17.9 Å². The third-order valence-corrected chi connectivity index (χ3v) is 13.7. The predicted molar refractivity (Wildman–Crippen MR) is 235 cm³/mol. The minimum absolute atomic E-state index is 0.0262. The summed E-state index contributed by atoms with van der Waals surface area (Å²) in [6.07, 6.45) is 6.90. The van der Waals surface area contributed by atoms with Gasteiger partial charge in [-0.15, -0.1) is 0 Å². The number of nitrogens with one attached hydrogen (secondary N) is 4. The van der Waals surface area contributed by atoms with Crippen molar-refractivity contribution in [1.82, 2.24) is 30.0 Å². The lowest BCUT2D eigenvalue weighted by atomic mass is 9.98. The Morgan fingerprint density at radius 1 is 0.937 bits per heavy atom. The number of aryl methyl sites for hydroxylation is 1. The van der Waals surface area contributed by atoms with Gasteiger partial charge < -0.3 is 45.9 Å². The lowest BCUT2D eigenvalue weighted by molar-refractivity contribution is -0.137. The van der Waals surface area contributed by atoms with Crippen LogP contribution in [0.25, 0.3) is 0 Å². The fraction of sp³-hybridized carbons (Fsp3) is 0.533. The smallest absolute Gasteiger partial charge is 0.271 e. The van der Waals surface area contributed by atoms with Gasteiger partial charge in [0.2, 0.25) is 17.7 Å². The number of nitrogens with two attached hydrogens (primary N) is 1. The number of primary amides is 1. The van der Waals surface area contributed by atoms with Crippen molar-refractivity contribution in [2.45, 2.75) is 101 Å². The first-order valence-corrected chi connectivity index (χ1v) is 22.4. The number of methoxy groups -OCH3 is 1. The van der Waals surface area contributed by atoms with Crippen molar-refractivity contribution in [2.75, 3.05) is 73.9 Å². The lowest BCUT2D eigenvalue weighted by Gasteiger charge is -2.47. The highest BCUT2D eigenvalue weighted by molar-refractivity contribution is 6.06. The van der Waals surface area contributed by atoms with Gasteiger partial charge in [0.15, 0.2) is 17.3 Å². The van der Waals surface area contributed by atoms with Crippen LogP contribution in [0.15, 0.2) is 36.4 Å². The highest BCUT2D eigenvalue weighted by Gasteiger charge is 2.45. The Morgan fingerprint density at radius 2 is 1.70 bits per heavy atom. The first-order chi connectivity index (χ1) is 30.6. The van der Waals surface area contributed by atoms with Crippen LogP contribution in [0, 0.1) is 0 Å². The second kappa shape index (κ2) is 18.0. The van der Waals surface area contributed by atoms with E-state index in [1.54, 1.807) is 19.2 Å². The maximum Gasteiger partial charge on any atom is 0.271 e. The van der Waals surface area contributed by atoms with Gasteiger partial charge in [-0.05, 0) is 75.6 Å². The van der Waals surface area contributed by atoms with Crippen molar-refractivity contribution in [3.05, 3.63) is 58.9 Å². The van der Waals surface area contributed by atoms with Gasteiger partial charge in [-0.1, -0.05) is 13.0 Å². The van der Waals surface area contributed by atoms with Crippen LogP contribution < -0.4 is 36.6 Å². The van der Waals surface area contributed by atoms with E-state index in [1.807, 2.05) is 36.1 Å². The quantitative estimate of drug-likeness (QED) is 0.156. The molecule has 2 bridgehead atoms. The number of piperidine rings is 2. The number of rotatable bonds is 13. The summed E-state index contributed by atoms with van der Waals surface area (Å²) in [6.45, 7) is 6.78. The van der Waals surface area contributed by atoms with Gasteiger partial charge in [0.05, 0.1) is 25.0 Å². The number of carbonyl (C=O) groups excluding carboxylic acids is 5. The van der Waals surface area contributed by atoms with Gasteiger partial charge in [-0.2, -0.15) is 0 Å². The van der Waals surface area contributed by atoms with Crippen LogP contribution in [0.3, 0.4) is 0 Å². The Kier molecular flexibility index (Phi) is 12.1. The summed E-state index contributed by atoms with van der Waals surface area (Å²) in [7, 11) is 1.66. The highest BCUT2D eigenvalue weighted by Crippen LogP contribution is 2.39. The minimum atomic E-state index is -0.695. The minimum Gasteiger partial charge on any atom is -0.495 e. The molecule has 5 fully saturated rings. The molecule has 6 aliphatic rings. The molecule has 334 valence electrons. The Hall–Kier alpha value is -6.01. The summed E-state index contributed by atoms with van der Waals surface area (Å²) < 4.78 is 11.4. The molecule has 3 unspecified atom stereocenters. The van der Waals surface area contributed by atoms with Crippen LogP contribution in [-0.4, -0.2) is 137 Å². The van der Waals surface area contributed by atoms with Crippen LogP contribution in [0.4, 0.5) is 28.7 Å². The van der Waals surface area contributed by atoms with E-state index in [0.717, 1.165) is 62.9 Å². The number of amides is 5.